The van der Waals surface area contributed by atoms with Crippen molar-refractivity contribution in [2.45, 2.75) is 0 Å². The van der Waals surface area contributed by atoms with Crippen LogP contribution in [0.2, 0.25) is 0 Å². The predicted molar refractivity (Wildman–Crippen MR) is 19.7 cm³/mol. The van der Waals surface area contributed by atoms with E-state index >= 15 is 0 Å². The van der Waals surface area contributed by atoms with Crippen LogP contribution < -0.4 is 0 Å². The van der Waals surface area contributed by atoms with Gasteiger partial charge in [0.25, 0.3) is 0 Å². The first-order valence-electron chi connectivity index (χ1n) is 0.563. The van der Waals surface area contributed by atoms with Gasteiger partial charge in [0.15, 0.2) is 0 Å². The first-order chi connectivity index (χ1) is 1.91. The van der Waals surface area contributed by atoms with Gasteiger partial charge in [-0.15, -0.1) is 0 Å². The van der Waals surface area contributed by atoms with Gasteiger partial charge in [-0.05, 0) is 0 Å². The van der Waals surface area contributed by atoms with Crippen LogP contribution in [-0.4, -0.2) is 4.27 Å². The molecule has 0 fully saturated rings. The van der Waals surface area contributed by atoms with Gasteiger partial charge < -0.3 is 0 Å². The summed E-state index contributed by atoms with van der Waals surface area (Å²) in [5.41, 5.74) is 0. The summed E-state index contributed by atoms with van der Waals surface area (Å²) in [5.74, 6) is 0. The molecule has 0 rings (SSSR count). The molecule has 0 aromatic rings. The third-order valence-corrected chi connectivity index (χ3v) is 1.73. The first kappa shape index (κ1) is 5.00. The molecule has 1 nitrogen and oxygen atoms in total. The third-order valence-electron chi connectivity index (χ3n) is 0.0315. The van der Waals surface area contributed by atoms with E-state index in [-0.39, 0.29) is 0 Å². The standard InChI is InChI=1S/CO.HI.W/c1-2;;/h;1H;/q;;+1/p-1. The van der Waals surface area contributed by atoms with E-state index in [1.165, 1.54) is 0 Å². The Kier molecular flexibility index (Phi) is 5.00. The summed E-state index contributed by atoms with van der Waals surface area (Å²) >= 11 is 1.50. The molecule has 0 amide bonds. The molecule has 0 aromatic carbocycles. The molecule has 0 aliphatic heterocycles. The van der Waals surface area contributed by atoms with Crippen molar-refractivity contribution < 1.29 is 19.2 Å². The monoisotopic (exact) mass is 339 g/mol. The van der Waals surface area contributed by atoms with Gasteiger partial charge in [0.1, 0.15) is 0 Å². The van der Waals surface area contributed by atoms with E-state index in [0.717, 1.165) is 0 Å². The molecule has 0 radical (unpaired) electrons. The average molecular weight is 339 g/mol. The fourth-order valence-electron chi connectivity index (χ4n) is 0. The molecule has 0 bridgehead atoms. The summed E-state index contributed by atoms with van der Waals surface area (Å²) in [4.78, 5) is 9.12. The molecular weight excluding hydrogens is 339 g/mol. The van der Waals surface area contributed by atoms with Crippen LogP contribution in [-0.2, 0) is 19.2 Å². The van der Waals surface area contributed by atoms with E-state index in [1.54, 1.807) is 0 Å². The summed E-state index contributed by atoms with van der Waals surface area (Å²) in [6.45, 7) is 0. The maximum atomic E-state index is 9.12. The Balaban J connectivity index is 3.11. The van der Waals surface area contributed by atoms with Gasteiger partial charge in [-0.3, -0.25) is 0 Å². The van der Waals surface area contributed by atoms with Crippen molar-refractivity contribution in [3.63, 3.8) is 0 Å². The number of hydrogen-bond acceptors (Lipinski definition) is 1. The Bertz CT molecular complexity index is 46.0. The van der Waals surface area contributed by atoms with Crippen molar-refractivity contribution in [1.29, 1.82) is 0 Å². The van der Waals surface area contributed by atoms with Crippen LogP contribution in [0.25, 0.3) is 0 Å². The van der Waals surface area contributed by atoms with Gasteiger partial charge in [0.2, 0.25) is 0 Å². The summed E-state index contributed by atoms with van der Waals surface area (Å²) in [7, 11) is 0. The molecule has 4 heavy (non-hydrogen) atoms. The zero-order valence-electron chi connectivity index (χ0n) is 1.69. The molecular formula is CIOW. The molecule has 0 aromatic heterocycles. The fourth-order valence-corrected chi connectivity index (χ4v) is 0. The van der Waals surface area contributed by atoms with E-state index in [1.807, 2.05) is 4.27 Å². The van der Waals surface area contributed by atoms with Crippen LogP contribution in [0, 0.1) is 0 Å². The van der Waals surface area contributed by atoms with Crippen LogP contribution in [0.4, 0.5) is 0 Å². The van der Waals surface area contributed by atoms with Crippen molar-refractivity contribution >= 4 is 23.6 Å². The van der Waals surface area contributed by atoms with E-state index in [2.05, 4.69) is 19.4 Å². The molecule has 0 saturated heterocycles. The summed E-state index contributed by atoms with van der Waals surface area (Å²) in [6, 6.07) is 0. The minimum atomic E-state index is -0.590. The number of halogens is 1. The predicted octanol–water partition coefficient (Wildman–Crippen LogP) is 0.486. The molecule has 0 heterocycles. The van der Waals surface area contributed by atoms with Gasteiger partial charge >= 0.3 is 42.8 Å². The van der Waals surface area contributed by atoms with Crippen LogP contribution in [0.3, 0.4) is 0 Å². The van der Waals surface area contributed by atoms with Crippen LogP contribution in [0.5, 0.6) is 0 Å². The SMILES string of the molecule is O=[C]=[W][I]. The van der Waals surface area contributed by atoms with E-state index in [0.29, 0.717) is 0 Å². The Hall–Kier alpha value is 0.998. The second-order valence-electron chi connectivity index (χ2n) is 0.160. The minimum absolute atomic E-state index is 0.590. The molecule has 0 atom stereocenters. The van der Waals surface area contributed by atoms with Gasteiger partial charge in [0, 0.05) is 0 Å². The van der Waals surface area contributed by atoms with Crippen LogP contribution in [0.1, 0.15) is 0 Å². The zero-order chi connectivity index (χ0) is 3.41. The van der Waals surface area contributed by atoms with Crippen molar-refractivity contribution in [3.8, 4) is 0 Å². The Morgan fingerprint density at radius 3 is 2.25 bits per heavy atom. The van der Waals surface area contributed by atoms with Crippen LogP contribution >= 0.6 is 19.4 Å². The van der Waals surface area contributed by atoms with E-state index in [9.17, 15) is 0 Å². The number of rotatable bonds is 0. The van der Waals surface area contributed by atoms with Crippen molar-refractivity contribution in [2.75, 3.05) is 0 Å². The van der Waals surface area contributed by atoms with Crippen molar-refractivity contribution in [3.05, 3.63) is 0 Å². The second kappa shape index (κ2) is 4.00. The second-order valence-corrected chi connectivity index (χ2v) is 4.92. The molecule has 0 aliphatic rings. The quantitative estimate of drug-likeness (QED) is 0.588. The Morgan fingerprint density at radius 1 is 2.00 bits per heavy atom. The van der Waals surface area contributed by atoms with Crippen molar-refractivity contribution in [2.24, 2.45) is 0 Å². The van der Waals surface area contributed by atoms with Gasteiger partial charge in [0.05, 0.1) is 0 Å². The summed E-state index contributed by atoms with van der Waals surface area (Å²) in [5, 5.41) is 0. The summed E-state index contributed by atoms with van der Waals surface area (Å²) < 4.78 is 1.83. The van der Waals surface area contributed by atoms with Gasteiger partial charge in [-0.1, -0.05) is 0 Å². The third kappa shape index (κ3) is 3.00. The van der Waals surface area contributed by atoms with Gasteiger partial charge in [-0.2, -0.15) is 0 Å². The molecule has 0 unspecified atom stereocenters. The Labute approximate surface area is 42.6 Å². The molecule has 0 N–H and O–H groups in total. The average Bonchev–Trinajstić information content (AvgIpc) is 1.37. The molecule has 0 spiro atoms. The van der Waals surface area contributed by atoms with Crippen LogP contribution in [0.15, 0.2) is 0 Å². The molecule has 3 heteroatoms. The van der Waals surface area contributed by atoms with E-state index in [4.69, 9.17) is 4.79 Å². The number of hydrogen-bond donors (Lipinski definition) is 0. The Morgan fingerprint density at radius 2 is 2.25 bits per heavy atom. The maximum absolute atomic E-state index is 9.12. The molecule has 0 saturated carbocycles. The van der Waals surface area contributed by atoms with Gasteiger partial charge in [-0.25, -0.2) is 0 Å². The molecule has 0 aliphatic carbocycles. The zero-order valence-corrected chi connectivity index (χ0v) is 6.79. The fraction of sp³-hybridized carbons (Fsp3) is 0. The first-order valence-corrected chi connectivity index (χ1v) is 10.3. The molecule has 23 valence electrons. The summed E-state index contributed by atoms with van der Waals surface area (Å²) in [6.07, 6.45) is 0. The van der Waals surface area contributed by atoms with E-state index < -0.39 is 14.4 Å². The normalized spacial score (nSPS) is 4.25. The topological polar surface area (TPSA) is 17.1 Å². The van der Waals surface area contributed by atoms with Crippen molar-refractivity contribution in [1.82, 2.24) is 0 Å². The number of carbonyl (C=O) groups excluding carboxylic acids is 1.